The van der Waals surface area contributed by atoms with Crippen LogP contribution in [0.3, 0.4) is 0 Å². The van der Waals surface area contributed by atoms with Crippen LogP contribution in [0.25, 0.3) is 0 Å². The molecular weight excluding hydrogens is 144 g/mol. The van der Waals surface area contributed by atoms with Crippen molar-refractivity contribution in [2.75, 3.05) is 0 Å². The fourth-order valence-corrected chi connectivity index (χ4v) is 2.03. The van der Waals surface area contributed by atoms with Crippen LogP contribution in [0.2, 0.25) is 0 Å². The molecule has 70 valence electrons. The molecule has 1 aliphatic rings. The van der Waals surface area contributed by atoms with E-state index in [0.717, 1.165) is 5.92 Å². The zero-order valence-corrected chi connectivity index (χ0v) is 8.77. The molecule has 0 saturated heterocycles. The lowest BCUT2D eigenvalue weighted by atomic mass is 9.75. The van der Waals surface area contributed by atoms with E-state index in [-0.39, 0.29) is 0 Å². The molecule has 0 aliphatic heterocycles. The topological polar surface area (TPSA) is 0 Å². The van der Waals surface area contributed by atoms with Crippen molar-refractivity contribution in [2.45, 2.75) is 52.9 Å². The Labute approximate surface area is 77.1 Å². The molecule has 0 nitrogen and oxygen atoms in total. The lowest BCUT2D eigenvalue weighted by molar-refractivity contribution is 0.208. The Morgan fingerprint density at radius 1 is 1.00 bits per heavy atom. The Bertz CT molecular complexity index is 148. The van der Waals surface area contributed by atoms with Crippen molar-refractivity contribution in [1.29, 1.82) is 0 Å². The Hall–Kier alpha value is -0.260. The molecule has 1 atom stereocenters. The first-order chi connectivity index (χ1) is 5.61. The van der Waals surface area contributed by atoms with E-state index in [2.05, 4.69) is 32.9 Å². The average molecular weight is 166 g/mol. The molecule has 0 aromatic rings. The summed E-state index contributed by atoms with van der Waals surface area (Å²) >= 11 is 0. The summed E-state index contributed by atoms with van der Waals surface area (Å²) in [5.74, 6) is 0.933. The molecule has 0 aromatic carbocycles. The van der Waals surface area contributed by atoms with Crippen molar-refractivity contribution in [2.24, 2.45) is 11.3 Å². The number of allylic oxidation sites excluding steroid dienone is 2. The number of hydrogen-bond acceptors (Lipinski definition) is 0. The van der Waals surface area contributed by atoms with Gasteiger partial charge in [0.1, 0.15) is 0 Å². The molecule has 0 bridgehead atoms. The molecule has 1 unspecified atom stereocenters. The van der Waals surface area contributed by atoms with Gasteiger partial charge in [-0.2, -0.15) is 0 Å². The smallest absolute Gasteiger partial charge is 0.0348 e. The van der Waals surface area contributed by atoms with Crippen LogP contribution >= 0.6 is 0 Å². The zero-order valence-electron chi connectivity index (χ0n) is 8.77. The maximum Gasteiger partial charge on any atom is -0.0348 e. The number of hydrogen-bond donors (Lipinski definition) is 0. The number of rotatable bonds is 0. The third-order valence-electron chi connectivity index (χ3n) is 3.00. The standard InChI is InChI=1S/C12H22/c1-12(2,3)11-9-7-5-4-6-8-10-11/h4-5,11H,6-10H2,1-3H3/b5-4-. The van der Waals surface area contributed by atoms with Gasteiger partial charge in [-0.25, -0.2) is 0 Å². The van der Waals surface area contributed by atoms with Gasteiger partial charge < -0.3 is 0 Å². The highest BCUT2D eigenvalue weighted by molar-refractivity contribution is 4.87. The largest absolute Gasteiger partial charge is 0.0885 e. The third kappa shape index (κ3) is 3.00. The molecule has 0 spiro atoms. The normalized spacial score (nSPS) is 29.1. The average Bonchev–Trinajstić information content (AvgIpc) is 1.81. The fourth-order valence-electron chi connectivity index (χ4n) is 2.03. The predicted molar refractivity (Wildman–Crippen MR) is 55.2 cm³/mol. The van der Waals surface area contributed by atoms with Crippen molar-refractivity contribution < 1.29 is 0 Å². The first-order valence-corrected chi connectivity index (χ1v) is 5.26. The highest BCUT2D eigenvalue weighted by atomic mass is 14.3. The molecule has 0 N–H and O–H groups in total. The van der Waals surface area contributed by atoms with E-state index in [1.165, 1.54) is 32.1 Å². The second-order valence-electron chi connectivity index (χ2n) is 5.04. The van der Waals surface area contributed by atoms with Crippen LogP contribution in [0, 0.1) is 11.3 Å². The molecule has 1 rings (SSSR count). The minimum absolute atomic E-state index is 0.519. The first-order valence-electron chi connectivity index (χ1n) is 5.26. The maximum absolute atomic E-state index is 2.38. The molecule has 0 heterocycles. The maximum atomic E-state index is 2.38. The first kappa shape index (κ1) is 9.83. The summed E-state index contributed by atoms with van der Waals surface area (Å²) in [5, 5.41) is 0. The van der Waals surface area contributed by atoms with Crippen LogP contribution in [0.5, 0.6) is 0 Å². The SMILES string of the molecule is CC(C)(C)C1CC/C=C\CCC1. The van der Waals surface area contributed by atoms with Gasteiger partial charge in [-0.1, -0.05) is 32.9 Å². The van der Waals surface area contributed by atoms with E-state index in [1.807, 2.05) is 0 Å². The zero-order chi connectivity index (χ0) is 9.03. The lowest BCUT2D eigenvalue weighted by Gasteiger charge is -2.31. The third-order valence-corrected chi connectivity index (χ3v) is 3.00. The van der Waals surface area contributed by atoms with Gasteiger partial charge in [-0.05, 0) is 43.4 Å². The van der Waals surface area contributed by atoms with E-state index < -0.39 is 0 Å². The van der Waals surface area contributed by atoms with Gasteiger partial charge in [-0.3, -0.25) is 0 Å². The molecule has 0 heteroatoms. The van der Waals surface area contributed by atoms with Crippen LogP contribution in [-0.2, 0) is 0 Å². The molecule has 12 heavy (non-hydrogen) atoms. The van der Waals surface area contributed by atoms with Crippen molar-refractivity contribution in [3.05, 3.63) is 12.2 Å². The Morgan fingerprint density at radius 3 is 2.33 bits per heavy atom. The second kappa shape index (κ2) is 4.11. The van der Waals surface area contributed by atoms with E-state index in [4.69, 9.17) is 0 Å². The quantitative estimate of drug-likeness (QED) is 0.474. The Balaban J connectivity index is 2.48. The highest BCUT2D eigenvalue weighted by Gasteiger charge is 2.23. The van der Waals surface area contributed by atoms with Gasteiger partial charge in [0, 0.05) is 0 Å². The van der Waals surface area contributed by atoms with E-state index in [1.54, 1.807) is 0 Å². The highest BCUT2D eigenvalue weighted by Crippen LogP contribution is 2.34. The predicted octanol–water partition coefficient (Wildman–Crippen LogP) is 4.17. The summed E-state index contributed by atoms with van der Waals surface area (Å²) in [6, 6.07) is 0. The van der Waals surface area contributed by atoms with E-state index in [9.17, 15) is 0 Å². The summed E-state index contributed by atoms with van der Waals surface area (Å²) in [6.45, 7) is 7.13. The Morgan fingerprint density at radius 2 is 1.67 bits per heavy atom. The fraction of sp³-hybridized carbons (Fsp3) is 0.833. The summed E-state index contributed by atoms with van der Waals surface area (Å²) in [7, 11) is 0. The molecule has 0 saturated carbocycles. The van der Waals surface area contributed by atoms with Crippen molar-refractivity contribution in [1.82, 2.24) is 0 Å². The van der Waals surface area contributed by atoms with Gasteiger partial charge in [-0.15, -0.1) is 0 Å². The van der Waals surface area contributed by atoms with Gasteiger partial charge in [0.15, 0.2) is 0 Å². The monoisotopic (exact) mass is 166 g/mol. The van der Waals surface area contributed by atoms with Crippen LogP contribution in [0.4, 0.5) is 0 Å². The second-order valence-corrected chi connectivity index (χ2v) is 5.04. The molecule has 1 aliphatic carbocycles. The summed E-state index contributed by atoms with van der Waals surface area (Å²) in [5.41, 5.74) is 0.519. The van der Waals surface area contributed by atoms with Crippen LogP contribution in [0.15, 0.2) is 12.2 Å². The van der Waals surface area contributed by atoms with Gasteiger partial charge in [0.25, 0.3) is 0 Å². The van der Waals surface area contributed by atoms with Crippen LogP contribution < -0.4 is 0 Å². The van der Waals surface area contributed by atoms with Crippen LogP contribution in [-0.4, -0.2) is 0 Å². The van der Waals surface area contributed by atoms with Crippen molar-refractivity contribution >= 4 is 0 Å². The molecular formula is C12H22. The van der Waals surface area contributed by atoms with Gasteiger partial charge >= 0.3 is 0 Å². The van der Waals surface area contributed by atoms with Gasteiger partial charge in [0.05, 0.1) is 0 Å². The minimum atomic E-state index is 0.519. The molecule has 0 amide bonds. The van der Waals surface area contributed by atoms with Gasteiger partial charge in [0.2, 0.25) is 0 Å². The molecule has 0 fully saturated rings. The van der Waals surface area contributed by atoms with Crippen molar-refractivity contribution in [3.63, 3.8) is 0 Å². The van der Waals surface area contributed by atoms with Crippen molar-refractivity contribution in [3.8, 4) is 0 Å². The van der Waals surface area contributed by atoms with Crippen LogP contribution in [0.1, 0.15) is 52.9 Å². The summed E-state index contributed by atoms with van der Waals surface area (Å²) < 4.78 is 0. The summed E-state index contributed by atoms with van der Waals surface area (Å²) in [4.78, 5) is 0. The minimum Gasteiger partial charge on any atom is -0.0885 e. The van der Waals surface area contributed by atoms with E-state index in [0.29, 0.717) is 5.41 Å². The summed E-state index contributed by atoms with van der Waals surface area (Å²) in [6.07, 6.45) is 11.5. The molecule has 0 radical (unpaired) electrons. The lowest BCUT2D eigenvalue weighted by Crippen LogP contribution is -2.20. The Kier molecular flexibility index (Phi) is 3.37. The van der Waals surface area contributed by atoms with E-state index >= 15 is 0 Å². The molecule has 0 aromatic heterocycles.